The Morgan fingerprint density at radius 3 is 3.00 bits per heavy atom. The van der Waals surface area contributed by atoms with Crippen LogP contribution in [-0.4, -0.2) is 6.21 Å². The number of benzene rings is 1. The Kier molecular flexibility index (Phi) is 3.43. The van der Waals surface area contributed by atoms with E-state index in [4.69, 9.17) is 5.73 Å². The van der Waals surface area contributed by atoms with Crippen LogP contribution in [-0.2, 0) is 12.8 Å². The summed E-state index contributed by atoms with van der Waals surface area (Å²) in [6.45, 7) is 5.60. The maximum atomic E-state index is 6.23. The molecule has 0 bridgehead atoms. The molecule has 2 N–H and O–H groups in total. The highest BCUT2D eigenvalue weighted by atomic mass is 14.6. The van der Waals surface area contributed by atoms with Crippen LogP contribution in [0.3, 0.4) is 0 Å². The average Bonchev–Trinajstić information content (AvgIpc) is 2.78. The smallest absolute Gasteiger partial charge is 0.0425 e. The Morgan fingerprint density at radius 1 is 1.41 bits per heavy atom. The fraction of sp³-hybridized carbons (Fsp3) is 0.267. The zero-order chi connectivity index (χ0) is 12.3. The molecule has 0 fully saturated rings. The van der Waals surface area contributed by atoms with Crippen molar-refractivity contribution >= 4 is 17.5 Å². The number of hydrogen-bond donors (Lipinski definition) is 1. The number of nitrogens with zero attached hydrogens (tertiary/aromatic N) is 1. The van der Waals surface area contributed by atoms with E-state index >= 15 is 0 Å². The molecule has 1 aromatic rings. The van der Waals surface area contributed by atoms with Gasteiger partial charge in [0.1, 0.15) is 0 Å². The second-order valence-electron chi connectivity index (χ2n) is 4.35. The highest BCUT2D eigenvalue weighted by Gasteiger charge is 2.16. The van der Waals surface area contributed by atoms with E-state index in [2.05, 4.69) is 30.6 Å². The Morgan fingerprint density at radius 2 is 2.24 bits per heavy atom. The van der Waals surface area contributed by atoms with E-state index in [9.17, 15) is 0 Å². The molecular weight excluding hydrogens is 208 g/mol. The molecule has 1 aliphatic carbocycles. The molecule has 0 unspecified atom stereocenters. The van der Waals surface area contributed by atoms with E-state index in [-0.39, 0.29) is 0 Å². The molecule has 0 spiro atoms. The number of hydrogen-bond acceptors (Lipinski definition) is 2. The molecular formula is C15H18N2. The predicted molar refractivity (Wildman–Crippen MR) is 75.2 cm³/mol. The predicted octanol–water partition coefficient (Wildman–Crippen LogP) is 3.38. The third-order valence-corrected chi connectivity index (χ3v) is 3.27. The van der Waals surface area contributed by atoms with Crippen molar-refractivity contribution in [3.8, 4) is 0 Å². The summed E-state index contributed by atoms with van der Waals surface area (Å²) < 4.78 is 0. The number of aliphatic imine (C=N–C) groups is 1. The maximum Gasteiger partial charge on any atom is 0.0425 e. The van der Waals surface area contributed by atoms with Crippen molar-refractivity contribution < 1.29 is 0 Å². The van der Waals surface area contributed by atoms with Crippen LogP contribution in [0, 0.1) is 0 Å². The van der Waals surface area contributed by atoms with Crippen LogP contribution in [0.2, 0.25) is 0 Å². The number of nitrogen functional groups attached to an aromatic ring is 1. The van der Waals surface area contributed by atoms with Crippen LogP contribution >= 0.6 is 0 Å². The van der Waals surface area contributed by atoms with E-state index in [0.29, 0.717) is 0 Å². The van der Waals surface area contributed by atoms with Crippen molar-refractivity contribution in [2.24, 2.45) is 4.99 Å². The molecule has 2 rings (SSSR count). The van der Waals surface area contributed by atoms with Gasteiger partial charge in [-0.2, -0.15) is 0 Å². The number of allylic oxidation sites excluding steroid dienone is 2. The molecule has 2 heteroatoms. The molecule has 17 heavy (non-hydrogen) atoms. The van der Waals surface area contributed by atoms with Crippen LogP contribution in [0.5, 0.6) is 0 Å². The van der Waals surface area contributed by atoms with Gasteiger partial charge in [0.2, 0.25) is 0 Å². The van der Waals surface area contributed by atoms with Crippen LogP contribution < -0.4 is 5.73 Å². The van der Waals surface area contributed by atoms with Crippen molar-refractivity contribution in [1.82, 2.24) is 0 Å². The first-order valence-electron chi connectivity index (χ1n) is 5.95. The standard InChI is InChI=1S/C15H18N2/c1-3-17-10-9-11(2)13-8-7-12-5-4-6-14(12)15(13)16/h3,7-10H,1,4-6,16H2,2H3/b11-9+,17-10-. The molecule has 0 radical (unpaired) electrons. The first kappa shape index (κ1) is 11.6. The van der Waals surface area contributed by atoms with Gasteiger partial charge in [-0.3, -0.25) is 4.99 Å². The lowest BCUT2D eigenvalue weighted by Gasteiger charge is -2.10. The number of rotatable bonds is 3. The van der Waals surface area contributed by atoms with Crippen molar-refractivity contribution in [3.05, 3.63) is 47.7 Å². The second-order valence-corrected chi connectivity index (χ2v) is 4.35. The molecule has 0 atom stereocenters. The zero-order valence-corrected chi connectivity index (χ0v) is 10.2. The second kappa shape index (κ2) is 5.00. The van der Waals surface area contributed by atoms with Gasteiger partial charge in [-0.05, 0) is 49.0 Å². The summed E-state index contributed by atoms with van der Waals surface area (Å²) in [6, 6.07) is 4.32. The Balaban J connectivity index is 2.37. The van der Waals surface area contributed by atoms with Gasteiger partial charge in [0.05, 0.1) is 0 Å². The fourth-order valence-corrected chi connectivity index (χ4v) is 2.34. The molecule has 1 aliphatic rings. The summed E-state index contributed by atoms with van der Waals surface area (Å²) >= 11 is 0. The first-order valence-corrected chi connectivity index (χ1v) is 5.95. The van der Waals surface area contributed by atoms with Gasteiger partial charge >= 0.3 is 0 Å². The first-order chi connectivity index (χ1) is 8.24. The van der Waals surface area contributed by atoms with Crippen LogP contribution in [0.25, 0.3) is 5.57 Å². The summed E-state index contributed by atoms with van der Waals surface area (Å²) in [6.07, 6.45) is 8.74. The van der Waals surface area contributed by atoms with Gasteiger partial charge in [0.15, 0.2) is 0 Å². The summed E-state index contributed by atoms with van der Waals surface area (Å²) in [5.74, 6) is 0. The quantitative estimate of drug-likeness (QED) is 0.622. The number of anilines is 1. The summed E-state index contributed by atoms with van der Waals surface area (Å²) in [5, 5.41) is 0. The van der Waals surface area contributed by atoms with Crippen molar-refractivity contribution in [3.63, 3.8) is 0 Å². The third-order valence-electron chi connectivity index (χ3n) is 3.27. The van der Waals surface area contributed by atoms with Gasteiger partial charge in [-0.25, -0.2) is 0 Å². The molecule has 2 nitrogen and oxygen atoms in total. The van der Waals surface area contributed by atoms with Gasteiger partial charge in [0.25, 0.3) is 0 Å². The lowest BCUT2D eigenvalue weighted by Crippen LogP contribution is -1.98. The molecule has 0 heterocycles. The summed E-state index contributed by atoms with van der Waals surface area (Å²) in [5.41, 5.74) is 12.2. The third kappa shape index (κ3) is 2.31. The zero-order valence-electron chi connectivity index (χ0n) is 10.2. The van der Waals surface area contributed by atoms with Crippen LogP contribution in [0.15, 0.2) is 36.0 Å². The van der Waals surface area contributed by atoms with Crippen LogP contribution in [0.4, 0.5) is 5.69 Å². The average molecular weight is 226 g/mol. The molecule has 0 saturated heterocycles. The molecule has 0 saturated carbocycles. The Bertz CT molecular complexity index is 496. The maximum absolute atomic E-state index is 6.23. The van der Waals surface area contributed by atoms with Crippen molar-refractivity contribution in [1.29, 1.82) is 0 Å². The van der Waals surface area contributed by atoms with Gasteiger partial charge in [-0.15, -0.1) is 0 Å². The molecule has 88 valence electrons. The molecule has 0 aliphatic heterocycles. The molecule has 0 aromatic heterocycles. The Hall–Kier alpha value is -1.83. The topological polar surface area (TPSA) is 38.4 Å². The van der Waals surface area contributed by atoms with Crippen LogP contribution in [0.1, 0.15) is 30.0 Å². The Labute approximate surface area is 103 Å². The van der Waals surface area contributed by atoms with E-state index in [0.717, 1.165) is 23.2 Å². The van der Waals surface area contributed by atoms with Gasteiger partial charge in [0, 0.05) is 23.7 Å². The highest BCUT2D eigenvalue weighted by molar-refractivity contribution is 5.87. The van der Waals surface area contributed by atoms with Crippen molar-refractivity contribution in [2.45, 2.75) is 26.2 Å². The number of aryl methyl sites for hydroxylation is 1. The minimum Gasteiger partial charge on any atom is -0.398 e. The van der Waals surface area contributed by atoms with E-state index in [1.54, 1.807) is 6.21 Å². The number of nitrogens with two attached hydrogens (primary N) is 1. The van der Waals surface area contributed by atoms with Crippen molar-refractivity contribution in [2.75, 3.05) is 5.73 Å². The largest absolute Gasteiger partial charge is 0.398 e. The molecule has 1 aromatic carbocycles. The van der Waals surface area contributed by atoms with E-state index < -0.39 is 0 Å². The minimum atomic E-state index is 0.945. The van der Waals surface area contributed by atoms with E-state index in [1.807, 2.05) is 6.08 Å². The fourth-order valence-electron chi connectivity index (χ4n) is 2.34. The van der Waals surface area contributed by atoms with E-state index in [1.165, 1.54) is 30.2 Å². The normalized spacial score (nSPS) is 15.2. The molecule has 0 amide bonds. The summed E-state index contributed by atoms with van der Waals surface area (Å²) in [7, 11) is 0. The summed E-state index contributed by atoms with van der Waals surface area (Å²) in [4.78, 5) is 3.96. The highest BCUT2D eigenvalue weighted by Crippen LogP contribution is 2.32. The minimum absolute atomic E-state index is 0.945. The SMILES string of the molecule is C=C/N=C\C=C(/C)c1ccc2c(c1N)CCC2. The lowest BCUT2D eigenvalue weighted by molar-refractivity contribution is 0.912. The van der Waals surface area contributed by atoms with Gasteiger partial charge in [-0.1, -0.05) is 18.7 Å². The number of fused-ring (bicyclic) bond motifs is 1. The lowest BCUT2D eigenvalue weighted by atomic mass is 9.98. The monoisotopic (exact) mass is 226 g/mol. The van der Waals surface area contributed by atoms with Gasteiger partial charge < -0.3 is 5.73 Å².